The molecule has 2 amide bonds. The molecule has 5 rings (SSSR count). The highest BCUT2D eigenvalue weighted by molar-refractivity contribution is 5.98. The highest BCUT2D eigenvalue weighted by Crippen LogP contribution is 2.30. The van der Waals surface area contributed by atoms with Crippen LogP contribution in [0, 0.1) is 0 Å². The topological polar surface area (TPSA) is 94.6 Å². The van der Waals surface area contributed by atoms with Crippen molar-refractivity contribution in [1.29, 1.82) is 0 Å². The minimum atomic E-state index is -0.0414. The minimum absolute atomic E-state index is 0.0414. The normalized spacial score (nSPS) is 15.7. The lowest BCUT2D eigenvalue weighted by molar-refractivity contribution is -0.129. The summed E-state index contributed by atoms with van der Waals surface area (Å²) in [5.74, 6) is 1.27. The van der Waals surface area contributed by atoms with E-state index in [2.05, 4.69) is 28.2 Å². The summed E-state index contributed by atoms with van der Waals surface area (Å²) in [6.07, 6.45) is 2.70. The van der Waals surface area contributed by atoms with E-state index in [0.29, 0.717) is 63.3 Å². The molecule has 0 radical (unpaired) electrons. The number of para-hydroxylation sites is 1. The van der Waals surface area contributed by atoms with E-state index in [1.807, 2.05) is 40.3 Å². The smallest absolute Gasteiger partial charge is 0.273 e. The first-order valence-corrected chi connectivity index (χ1v) is 11.8. The van der Waals surface area contributed by atoms with Gasteiger partial charge in [0.25, 0.3) is 5.91 Å². The number of benzene rings is 1. The lowest BCUT2D eigenvalue weighted by Crippen LogP contribution is -2.48. The van der Waals surface area contributed by atoms with Gasteiger partial charge in [-0.15, -0.1) is 0 Å². The molecule has 0 aliphatic carbocycles. The van der Waals surface area contributed by atoms with Gasteiger partial charge in [-0.3, -0.25) is 14.6 Å². The van der Waals surface area contributed by atoms with Gasteiger partial charge in [-0.1, -0.05) is 25.1 Å². The van der Waals surface area contributed by atoms with E-state index in [9.17, 15) is 9.59 Å². The van der Waals surface area contributed by atoms with Crippen LogP contribution in [0.1, 0.15) is 41.9 Å². The highest BCUT2D eigenvalue weighted by atomic mass is 16.2. The minimum Gasteiger partial charge on any atom is -0.365 e. The predicted molar refractivity (Wildman–Crippen MR) is 131 cm³/mol. The van der Waals surface area contributed by atoms with Crippen LogP contribution >= 0.6 is 0 Å². The second-order valence-corrected chi connectivity index (χ2v) is 8.76. The molecule has 0 bridgehead atoms. The zero-order chi connectivity index (χ0) is 23.7. The Hall–Kier alpha value is -3.75. The fourth-order valence-electron chi connectivity index (χ4n) is 4.66. The lowest BCUT2D eigenvalue weighted by Gasteiger charge is -2.34. The van der Waals surface area contributed by atoms with E-state index >= 15 is 0 Å². The molecule has 176 valence electrons. The number of carbonyl (C=O) groups excluding carboxylic acids is 2. The summed E-state index contributed by atoms with van der Waals surface area (Å²) in [6, 6.07) is 10.1. The molecule has 9 heteroatoms. The van der Waals surface area contributed by atoms with Gasteiger partial charge in [0, 0.05) is 63.3 Å². The van der Waals surface area contributed by atoms with Crippen LogP contribution in [-0.4, -0.2) is 69.3 Å². The third kappa shape index (κ3) is 4.13. The summed E-state index contributed by atoms with van der Waals surface area (Å²) in [5, 5.41) is 4.58. The average Bonchev–Trinajstić information content (AvgIpc) is 3.18. The van der Waals surface area contributed by atoms with E-state index in [1.54, 1.807) is 6.92 Å². The molecule has 4 heterocycles. The van der Waals surface area contributed by atoms with Gasteiger partial charge in [-0.05, 0) is 24.1 Å². The molecule has 3 aromatic rings. The molecule has 1 N–H and O–H groups in total. The van der Waals surface area contributed by atoms with Crippen LogP contribution in [0.2, 0.25) is 0 Å². The maximum absolute atomic E-state index is 13.1. The molecular formula is C25H29N7O2. The number of nitrogens with one attached hydrogen (secondary N) is 1. The van der Waals surface area contributed by atoms with Gasteiger partial charge in [0.1, 0.15) is 11.5 Å². The summed E-state index contributed by atoms with van der Waals surface area (Å²) in [4.78, 5) is 44.5. The number of piperazine rings is 1. The van der Waals surface area contributed by atoms with Gasteiger partial charge in [-0.25, -0.2) is 4.98 Å². The standard InChI is InChI=1S/C25H29N7O2/c1-3-10-32-16-20-22(24(32)34)28-25(31-13-11-30(12-14-31)17(2)33)29-23(20)27-15-18-8-9-26-21-7-5-4-6-19(18)21/h4-9H,3,10-16H2,1-2H3,(H,27,28,29). The second-order valence-electron chi connectivity index (χ2n) is 8.76. The van der Waals surface area contributed by atoms with Gasteiger partial charge in [0.15, 0.2) is 0 Å². The largest absolute Gasteiger partial charge is 0.365 e. The van der Waals surface area contributed by atoms with Crippen molar-refractivity contribution in [2.24, 2.45) is 0 Å². The number of aromatic nitrogens is 3. The monoisotopic (exact) mass is 459 g/mol. The van der Waals surface area contributed by atoms with Gasteiger partial charge >= 0.3 is 0 Å². The van der Waals surface area contributed by atoms with Crippen molar-refractivity contribution in [3.8, 4) is 0 Å². The van der Waals surface area contributed by atoms with Crippen molar-refractivity contribution in [2.45, 2.75) is 33.4 Å². The number of fused-ring (bicyclic) bond motifs is 2. The molecule has 1 fully saturated rings. The SMILES string of the molecule is CCCN1Cc2c(NCc3ccnc4ccccc34)nc(N3CCN(C(C)=O)CC3)nc2C1=O. The average molecular weight is 460 g/mol. The summed E-state index contributed by atoms with van der Waals surface area (Å²) in [5.41, 5.74) is 3.39. The van der Waals surface area contributed by atoms with Gasteiger partial charge < -0.3 is 20.0 Å². The van der Waals surface area contributed by atoms with E-state index < -0.39 is 0 Å². The zero-order valence-electron chi connectivity index (χ0n) is 19.6. The number of pyridine rings is 1. The van der Waals surface area contributed by atoms with E-state index in [-0.39, 0.29) is 11.8 Å². The van der Waals surface area contributed by atoms with Crippen molar-refractivity contribution < 1.29 is 9.59 Å². The molecule has 1 aromatic carbocycles. The first-order chi connectivity index (χ1) is 16.5. The number of amides is 2. The first kappa shape index (κ1) is 22.1. The Balaban J connectivity index is 1.45. The molecule has 1 saturated heterocycles. The summed E-state index contributed by atoms with van der Waals surface area (Å²) >= 11 is 0. The number of anilines is 2. The summed E-state index contributed by atoms with van der Waals surface area (Å²) in [7, 11) is 0. The van der Waals surface area contributed by atoms with Gasteiger partial charge in [-0.2, -0.15) is 4.98 Å². The van der Waals surface area contributed by atoms with Crippen LogP contribution in [0.15, 0.2) is 36.5 Å². The van der Waals surface area contributed by atoms with Crippen molar-refractivity contribution in [3.63, 3.8) is 0 Å². The molecule has 9 nitrogen and oxygen atoms in total. The quantitative estimate of drug-likeness (QED) is 0.606. The Morgan fingerprint density at radius 2 is 1.88 bits per heavy atom. The summed E-state index contributed by atoms with van der Waals surface area (Å²) in [6.45, 7) is 7.94. The van der Waals surface area contributed by atoms with Crippen LogP contribution < -0.4 is 10.2 Å². The third-order valence-electron chi connectivity index (χ3n) is 6.52. The molecule has 0 saturated carbocycles. The predicted octanol–water partition coefficient (Wildman–Crippen LogP) is 2.67. The number of carbonyl (C=O) groups is 2. The van der Waals surface area contributed by atoms with Crippen LogP contribution in [-0.2, 0) is 17.9 Å². The Labute approximate surface area is 198 Å². The summed E-state index contributed by atoms with van der Waals surface area (Å²) < 4.78 is 0. The molecule has 0 atom stereocenters. The first-order valence-electron chi connectivity index (χ1n) is 11.8. The number of hydrogen-bond donors (Lipinski definition) is 1. The van der Waals surface area contributed by atoms with E-state index in [0.717, 1.165) is 28.5 Å². The Morgan fingerprint density at radius 3 is 2.65 bits per heavy atom. The van der Waals surface area contributed by atoms with Crippen LogP contribution in [0.4, 0.5) is 11.8 Å². The fraction of sp³-hybridized carbons (Fsp3) is 0.400. The molecule has 2 aliphatic rings. The Kier molecular flexibility index (Phi) is 6.00. The molecule has 2 aliphatic heterocycles. The van der Waals surface area contributed by atoms with Gasteiger partial charge in [0.05, 0.1) is 12.1 Å². The number of hydrogen-bond acceptors (Lipinski definition) is 7. The van der Waals surface area contributed by atoms with Crippen LogP contribution in [0.5, 0.6) is 0 Å². The molecule has 34 heavy (non-hydrogen) atoms. The fourth-order valence-corrected chi connectivity index (χ4v) is 4.66. The van der Waals surface area contributed by atoms with Crippen molar-refractivity contribution in [2.75, 3.05) is 42.9 Å². The van der Waals surface area contributed by atoms with Crippen molar-refractivity contribution in [3.05, 3.63) is 53.3 Å². The van der Waals surface area contributed by atoms with Gasteiger partial charge in [0.2, 0.25) is 11.9 Å². The van der Waals surface area contributed by atoms with E-state index in [4.69, 9.17) is 9.97 Å². The van der Waals surface area contributed by atoms with Crippen molar-refractivity contribution in [1.82, 2.24) is 24.8 Å². The Bertz CT molecular complexity index is 1230. The zero-order valence-corrected chi connectivity index (χ0v) is 19.6. The second kappa shape index (κ2) is 9.24. The lowest BCUT2D eigenvalue weighted by atomic mass is 10.1. The Morgan fingerprint density at radius 1 is 1.09 bits per heavy atom. The highest BCUT2D eigenvalue weighted by Gasteiger charge is 2.33. The van der Waals surface area contributed by atoms with E-state index in [1.165, 1.54) is 0 Å². The maximum Gasteiger partial charge on any atom is 0.273 e. The third-order valence-corrected chi connectivity index (χ3v) is 6.52. The molecule has 0 spiro atoms. The molecule has 0 unspecified atom stereocenters. The maximum atomic E-state index is 13.1. The molecule has 2 aromatic heterocycles. The van der Waals surface area contributed by atoms with Crippen LogP contribution in [0.25, 0.3) is 10.9 Å². The van der Waals surface area contributed by atoms with Crippen LogP contribution in [0.3, 0.4) is 0 Å². The number of rotatable bonds is 6. The van der Waals surface area contributed by atoms with Crippen molar-refractivity contribution >= 4 is 34.5 Å². The number of nitrogens with zero attached hydrogens (tertiary/aromatic N) is 6. The molecular weight excluding hydrogens is 430 g/mol.